The Morgan fingerprint density at radius 3 is 2.42 bits per heavy atom. The van der Waals surface area contributed by atoms with Gasteiger partial charge in [-0.15, -0.1) is 0 Å². The Kier molecular flexibility index (Phi) is 5.61. The predicted octanol–water partition coefficient (Wildman–Crippen LogP) is 0.313. The summed E-state index contributed by atoms with van der Waals surface area (Å²) in [5.74, 6) is 1.13. The number of hydrogen-bond acceptors (Lipinski definition) is 6. The van der Waals surface area contributed by atoms with Gasteiger partial charge in [0, 0.05) is 50.7 Å². The van der Waals surface area contributed by atoms with Gasteiger partial charge in [0.25, 0.3) is 0 Å². The zero-order valence-electron chi connectivity index (χ0n) is 16.2. The van der Waals surface area contributed by atoms with Gasteiger partial charge in [-0.25, -0.2) is 17.7 Å². The molecule has 3 aliphatic heterocycles. The van der Waals surface area contributed by atoms with Gasteiger partial charge in [-0.3, -0.25) is 16.1 Å². The molecule has 7 nitrogen and oxygen atoms in total. The van der Waals surface area contributed by atoms with Crippen LogP contribution in [0.2, 0.25) is 0 Å². The van der Waals surface area contributed by atoms with Crippen molar-refractivity contribution in [3.05, 3.63) is 0 Å². The van der Waals surface area contributed by atoms with Crippen molar-refractivity contribution >= 4 is 10.0 Å². The fourth-order valence-electron chi connectivity index (χ4n) is 5.58. The van der Waals surface area contributed by atoms with Crippen LogP contribution in [0.5, 0.6) is 0 Å². The van der Waals surface area contributed by atoms with E-state index in [9.17, 15) is 8.42 Å². The summed E-state index contributed by atoms with van der Waals surface area (Å²) in [5, 5.41) is 9.83. The number of fused-ring (bicyclic) bond motifs is 1. The van der Waals surface area contributed by atoms with Gasteiger partial charge in [0.2, 0.25) is 10.0 Å². The Labute approximate surface area is 158 Å². The monoisotopic (exact) mass is 385 g/mol. The topological polar surface area (TPSA) is 76.7 Å². The number of hydrazine groups is 1. The normalized spacial score (nSPS) is 40.8. The lowest BCUT2D eigenvalue weighted by Crippen LogP contribution is -2.67. The van der Waals surface area contributed by atoms with Crippen LogP contribution in [0.3, 0.4) is 0 Å². The average Bonchev–Trinajstić information content (AvgIpc) is 3.21. The number of nitrogens with zero attached hydrogens (tertiary/aromatic N) is 2. The molecule has 3 N–H and O–H groups in total. The smallest absolute Gasteiger partial charge is 0.211 e. The van der Waals surface area contributed by atoms with E-state index in [1.165, 1.54) is 44.8 Å². The Balaban J connectivity index is 1.48. The molecule has 0 spiro atoms. The Hall–Kier alpha value is -0.250. The lowest BCUT2D eigenvalue weighted by molar-refractivity contribution is 0.130. The number of nitrogens with one attached hydrogen (secondary N) is 3. The molecule has 0 aromatic heterocycles. The molecule has 26 heavy (non-hydrogen) atoms. The minimum Gasteiger partial charge on any atom is -0.297 e. The minimum atomic E-state index is -3.13. The van der Waals surface area contributed by atoms with Crippen molar-refractivity contribution in [3.8, 4) is 0 Å². The zero-order valence-corrected chi connectivity index (χ0v) is 17.0. The summed E-state index contributed by atoms with van der Waals surface area (Å²) in [6.07, 6.45) is 10.7. The quantitative estimate of drug-likeness (QED) is 0.647. The second kappa shape index (κ2) is 7.64. The van der Waals surface area contributed by atoms with E-state index in [-0.39, 0.29) is 6.04 Å². The summed E-state index contributed by atoms with van der Waals surface area (Å²) in [4.78, 5) is 0. The second-order valence-electron chi connectivity index (χ2n) is 8.95. The van der Waals surface area contributed by atoms with Gasteiger partial charge >= 0.3 is 0 Å². The van der Waals surface area contributed by atoms with Gasteiger partial charge < -0.3 is 0 Å². The molecule has 0 aromatic rings. The lowest BCUT2D eigenvalue weighted by Gasteiger charge is -2.44. The SMILES string of the molecule is CN1CCC(C2NC(CC3CCCCC3)NC3CN(S(C)(=O)=O)CC32)N1. The summed E-state index contributed by atoms with van der Waals surface area (Å²) in [7, 11) is -1.04. The van der Waals surface area contributed by atoms with E-state index < -0.39 is 10.0 Å². The molecule has 4 fully saturated rings. The minimum absolute atomic E-state index is 0.261. The summed E-state index contributed by atoms with van der Waals surface area (Å²) >= 11 is 0. The predicted molar refractivity (Wildman–Crippen MR) is 103 cm³/mol. The molecule has 1 saturated carbocycles. The molecule has 3 heterocycles. The van der Waals surface area contributed by atoms with Crippen molar-refractivity contribution < 1.29 is 8.42 Å². The van der Waals surface area contributed by atoms with Crippen LogP contribution in [0, 0.1) is 11.8 Å². The van der Waals surface area contributed by atoms with Crippen LogP contribution in [0.25, 0.3) is 0 Å². The average molecular weight is 386 g/mol. The van der Waals surface area contributed by atoms with Crippen molar-refractivity contribution in [2.75, 3.05) is 32.9 Å². The fraction of sp³-hybridized carbons (Fsp3) is 1.00. The first-order valence-electron chi connectivity index (χ1n) is 10.3. The van der Waals surface area contributed by atoms with Crippen LogP contribution in [0.4, 0.5) is 0 Å². The molecule has 3 saturated heterocycles. The van der Waals surface area contributed by atoms with Gasteiger partial charge in [-0.1, -0.05) is 32.1 Å². The van der Waals surface area contributed by atoms with Crippen molar-refractivity contribution in [3.63, 3.8) is 0 Å². The molecular formula is C18H35N5O2S. The molecule has 4 rings (SSSR count). The number of rotatable bonds is 4. The van der Waals surface area contributed by atoms with Gasteiger partial charge in [0.15, 0.2) is 0 Å². The third-order valence-corrected chi connectivity index (χ3v) is 8.20. The molecule has 5 atom stereocenters. The standard InChI is InChI=1S/C18H35N5O2S/c1-22-9-8-15(21-22)18-14-11-23(26(2,24)25)12-16(14)19-17(20-18)10-13-6-4-3-5-7-13/h13-21H,3-12H2,1-2H3. The van der Waals surface area contributed by atoms with Crippen LogP contribution < -0.4 is 16.1 Å². The first kappa shape index (κ1) is 19.1. The first-order valence-corrected chi connectivity index (χ1v) is 12.2. The molecule has 4 aliphatic rings. The van der Waals surface area contributed by atoms with Gasteiger partial charge in [-0.2, -0.15) is 0 Å². The van der Waals surface area contributed by atoms with Crippen molar-refractivity contribution in [2.24, 2.45) is 11.8 Å². The summed E-state index contributed by atoms with van der Waals surface area (Å²) in [6.45, 7) is 2.30. The maximum atomic E-state index is 12.1. The Bertz CT molecular complexity index is 594. The van der Waals surface area contributed by atoms with Crippen molar-refractivity contribution in [1.29, 1.82) is 0 Å². The van der Waals surface area contributed by atoms with Crippen molar-refractivity contribution in [1.82, 2.24) is 25.4 Å². The highest BCUT2D eigenvalue weighted by Crippen LogP contribution is 2.33. The van der Waals surface area contributed by atoms with E-state index in [1.807, 2.05) is 0 Å². The third kappa shape index (κ3) is 4.10. The molecule has 0 aromatic carbocycles. The summed E-state index contributed by atoms with van der Waals surface area (Å²) in [5.41, 5.74) is 3.59. The molecular weight excluding hydrogens is 350 g/mol. The molecule has 0 amide bonds. The van der Waals surface area contributed by atoms with E-state index in [2.05, 4.69) is 28.1 Å². The molecule has 0 bridgehead atoms. The largest absolute Gasteiger partial charge is 0.297 e. The Morgan fingerprint density at radius 1 is 1.00 bits per heavy atom. The maximum absolute atomic E-state index is 12.1. The maximum Gasteiger partial charge on any atom is 0.211 e. The third-order valence-electron chi connectivity index (χ3n) is 6.96. The number of sulfonamides is 1. The zero-order chi connectivity index (χ0) is 18.3. The Morgan fingerprint density at radius 2 is 1.77 bits per heavy atom. The van der Waals surface area contributed by atoms with E-state index in [4.69, 9.17) is 0 Å². The highest BCUT2D eigenvalue weighted by Gasteiger charge is 2.48. The summed E-state index contributed by atoms with van der Waals surface area (Å²) in [6, 6.07) is 0.978. The van der Waals surface area contributed by atoms with E-state index in [0.29, 0.717) is 37.3 Å². The molecule has 150 valence electrons. The van der Waals surface area contributed by atoms with E-state index in [0.717, 1.165) is 18.9 Å². The lowest BCUT2D eigenvalue weighted by atomic mass is 9.82. The van der Waals surface area contributed by atoms with Gasteiger partial charge in [0.05, 0.1) is 12.4 Å². The molecule has 0 radical (unpaired) electrons. The fourth-order valence-corrected chi connectivity index (χ4v) is 6.45. The van der Waals surface area contributed by atoms with Crippen LogP contribution in [-0.4, -0.2) is 75.0 Å². The van der Waals surface area contributed by atoms with Crippen LogP contribution in [-0.2, 0) is 10.0 Å². The summed E-state index contributed by atoms with van der Waals surface area (Å²) < 4.78 is 25.9. The van der Waals surface area contributed by atoms with Crippen LogP contribution in [0.15, 0.2) is 0 Å². The van der Waals surface area contributed by atoms with E-state index in [1.54, 1.807) is 4.31 Å². The highest BCUT2D eigenvalue weighted by atomic mass is 32.2. The first-order chi connectivity index (χ1) is 12.4. The molecule has 5 unspecified atom stereocenters. The van der Waals surface area contributed by atoms with Crippen molar-refractivity contribution in [2.45, 2.75) is 69.2 Å². The highest BCUT2D eigenvalue weighted by molar-refractivity contribution is 7.88. The van der Waals surface area contributed by atoms with Crippen LogP contribution >= 0.6 is 0 Å². The molecule has 8 heteroatoms. The van der Waals surface area contributed by atoms with Gasteiger partial charge in [-0.05, 0) is 18.8 Å². The molecule has 1 aliphatic carbocycles. The van der Waals surface area contributed by atoms with E-state index >= 15 is 0 Å². The number of hydrogen-bond donors (Lipinski definition) is 3. The van der Waals surface area contributed by atoms with Crippen LogP contribution in [0.1, 0.15) is 44.9 Å². The van der Waals surface area contributed by atoms with Gasteiger partial charge in [0.1, 0.15) is 0 Å². The second-order valence-corrected chi connectivity index (χ2v) is 10.9.